The lowest BCUT2D eigenvalue weighted by Gasteiger charge is -2.37. The molecule has 3 N–H and O–H groups in total. The molecule has 4 aromatic rings. The number of anilines is 2. The number of nitrogens with one attached hydrogen (secondary N) is 1. The lowest BCUT2D eigenvalue weighted by molar-refractivity contribution is 0.0280. The number of nitrogen functional groups attached to an aromatic ring is 1. The first-order valence-corrected chi connectivity index (χ1v) is 16.6. The van der Waals surface area contributed by atoms with Crippen LogP contribution in [0.4, 0.5) is 19.6 Å². The average molecular weight is 649 g/mol. The molecule has 4 aliphatic rings. The second-order valence-corrected chi connectivity index (χ2v) is 13.6. The van der Waals surface area contributed by atoms with Gasteiger partial charge in [0, 0.05) is 61.7 Å². The third-order valence-electron chi connectivity index (χ3n) is 9.60. The second-order valence-electron chi connectivity index (χ2n) is 12.6. The second kappa shape index (κ2) is 11.8. The maximum atomic E-state index is 17.2. The van der Waals surface area contributed by atoms with Crippen molar-refractivity contribution in [3.8, 4) is 23.3 Å². The first kappa shape index (κ1) is 29.6. The van der Waals surface area contributed by atoms with Crippen LogP contribution in [0.2, 0.25) is 0 Å². The Morgan fingerprint density at radius 1 is 1.13 bits per heavy atom. The monoisotopic (exact) mass is 648 g/mol. The number of thiophene rings is 1. The van der Waals surface area contributed by atoms with Gasteiger partial charge in [0.1, 0.15) is 22.4 Å². The number of pyridine rings is 1. The van der Waals surface area contributed by atoms with E-state index in [9.17, 15) is 9.65 Å². The van der Waals surface area contributed by atoms with Gasteiger partial charge in [0.15, 0.2) is 11.6 Å². The molecule has 0 spiro atoms. The van der Waals surface area contributed by atoms with Crippen molar-refractivity contribution in [2.24, 2.45) is 5.92 Å². The summed E-state index contributed by atoms with van der Waals surface area (Å²) in [4.78, 5) is 18.7. The van der Waals surface area contributed by atoms with Gasteiger partial charge in [-0.05, 0) is 24.0 Å². The molecule has 46 heavy (non-hydrogen) atoms. The number of halogens is 2. The highest BCUT2D eigenvalue weighted by Gasteiger charge is 2.40. The predicted octanol–water partition coefficient (Wildman–Crippen LogP) is 3.96. The molecule has 3 unspecified atom stereocenters. The number of benzene rings is 1. The first-order valence-electron chi connectivity index (χ1n) is 15.7. The summed E-state index contributed by atoms with van der Waals surface area (Å²) in [5, 5.41) is 14.4. The number of ether oxygens (including phenoxy) is 3. The van der Waals surface area contributed by atoms with Crippen molar-refractivity contribution >= 4 is 43.1 Å². The molecule has 3 atom stereocenters. The van der Waals surface area contributed by atoms with Crippen molar-refractivity contribution in [1.29, 1.82) is 5.26 Å². The largest absolute Gasteiger partial charge is 0.463 e. The Kier molecular flexibility index (Phi) is 7.61. The number of piperazine rings is 1. The van der Waals surface area contributed by atoms with Gasteiger partial charge in [0.2, 0.25) is 0 Å². The van der Waals surface area contributed by atoms with E-state index < -0.39 is 11.6 Å². The van der Waals surface area contributed by atoms with Crippen LogP contribution in [0.25, 0.3) is 32.2 Å². The average Bonchev–Trinajstić information content (AvgIpc) is 3.74. The maximum Gasteiger partial charge on any atom is 0.319 e. The van der Waals surface area contributed by atoms with Crippen molar-refractivity contribution in [3.63, 3.8) is 0 Å². The van der Waals surface area contributed by atoms with E-state index in [-0.39, 0.29) is 74.7 Å². The van der Waals surface area contributed by atoms with E-state index in [4.69, 9.17) is 29.9 Å². The van der Waals surface area contributed by atoms with Gasteiger partial charge in [-0.15, -0.1) is 11.3 Å². The molecule has 1 aromatic carbocycles. The number of rotatable bonds is 7. The van der Waals surface area contributed by atoms with Crippen LogP contribution in [-0.2, 0) is 22.7 Å². The minimum absolute atomic E-state index is 0.0770. The third-order valence-corrected chi connectivity index (χ3v) is 10.6. The van der Waals surface area contributed by atoms with Crippen LogP contribution in [0, 0.1) is 28.9 Å². The highest BCUT2D eigenvalue weighted by atomic mass is 32.1. The van der Waals surface area contributed by atoms with E-state index in [0.29, 0.717) is 23.4 Å². The van der Waals surface area contributed by atoms with Gasteiger partial charge in [0.25, 0.3) is 0 Å². The van der Waals surface area contributed by atoms with Gasteiger partial charge in [-0.25, -0.2) is 8.78 Å². The zero-order chi connectivity index (χ0) is 31.5. The van der Waals surface area contributed by atoms with Gasteiger partial charge >= 0.3 is 6.01 Å². The van der Waals surface area contributed by atoms with Crippen molar-refractivity contribution < 1.29 is 23.0 Å². The van der Waals surface area contributed by atoms with Gasteiger partial charge < -0.3 is 30.2 Å². The lowest BCUT2D eigenvalue weighted by atomic mass is 9.93. The van der Waals surface area contributed by atoms with E-state index in [0.717, 1.165) is 81.9 Å². The molecule has 7 heterocycles. The Morgan fingerprint density at radius 2 is 1.89 bits per heavy atom. The predicted molar refractivity (Wildman–Crippen MR) is 170 cm³/mol. The topological polar surface area (TPSA) is 135 Å². The molecule has 8 rings (SSSR count). The van der Waals surface area contributed by atoms with Crippen LogP contribution in [0.3, 0.4) is 0 Å². The van der Waals surface area contributed by atoms with Crippen LogP contribution < -0.4 is 20.7 Å². The van der Waals surface area contributed by atoms with E-state index in [1.54, 1.807) is 0 Å². The minimum atomic E-state index is -0.634. The molecule has 3 aromatic heterocycles. The number of hydrogen-bond donors (Lipinski definition) is 2. The molecule has 0 amide bonds. The molecule has 3 fully saturated rings. The van der Waals surface area contributed by atoms with E-state index in [2.05, 4.69) is 33.1 Å². The van der Waals surface area contributed by atoms with Gasteiger partial charge in [-0.3, -0.25) is 9.88 Å². The fourth-order valence-corrected chi connectivity index (χ4v) is 8.42. The summed E-state index contributed by atoms with van der Waals surface area (Å²) in [6.07, 6.45) is 3.06. The fourth-order valence-electron chi connectivity index (χ4n) is 7.50. The van der Waals surface area contributed by atoms with Crippen molar-refractivity contribution in [1.82, 2.24) is 25.2 Å². The van der Waals surface area contributed by atoms with Crippen LogP contribution >= 0.6 is 11.3 Å². The number of fused-ring (bicyclic) bond motifs is 6. The normalized spacial score (nSPS) is 22.0. The highest BCUT2D eigenvalue weighted by molar-refractivity contribution is 7.23. The minimum Gasteiger partial charge on any atom is -0.463 e. The Bertz CT molecular complexity index is 1880. The number of aromatic nitrogens is 3. The molecular weight excluding hydrogens is 614 g/mol. The summed E-state index contributed by atoms with van der Waals surface area (Å²) in [5.41, 5.74) is 7.94. The SMILES string of the molecule is CC(COc1nc(N2C3CCC2CNC3)c2c3c(c(-c4ncc(F)c5sc(N)c(C#N)c45)c(F)c2n1)COC3)CN1CCOCC1. The van der Waals surface area contributed by atoms with Crippen LogP contribution in [0.5, 0.6) is 6.01 Å². The van der Waals surface area contributed by atoms with Crippen molar-refractivity contribution in [2.45, 2.75) is 45.1 Å². The quantitative estimate of drug-likeness (QED) is 0.302. The molecule has 0 radical (unpaired) electrons. The van der Waals surface area contributed by atoms with E-state index in [1.165, 1.54) is 0 Å². The third kappa shape index (κ3) is 4.84. The summed E-state index contributed by atoms with van der Waals surface area (Å²) in [6, 6.07) is 2.58. The molecule has 11 nitrogen and oxygen atoms in total. The van der Waals surface area contributed by atoms with Gasteiger partial charge in [0.05, 0.1) is 60.6 Å². The molecule has 4 aliphatic heterocycles. The maximum absolute atomic E-state index is 17.2. The first-order chi connectivity index (χ1) is 22.4. The number of hydrogen-bond acceptors (Lipinski definition) is 12. The highest BCUT2D eigenvalue weighted by Crippen LogP contribution is 2.47. The molecule has 14 heteroatoms. The molecule has 0 aliphatic carbocycles. The summed E-state index contributed by atoms with van der Waals surface area (Å²) in [5.74, 6) is -0.427. The molecule has 240 valence electrons. The zero-order valence-electron chi connectivity index (χ0n) is 25.4. The van der Waals surface area contributed by atoms with Gasteiger partial charge in [-0.2, -0.15) is 15.2 Å². The summed E-state index contributed by atoms with van der Waals surface area (Å²) < 4.78 is 50.0. The van der Waals surface area contributed by atoms with E-state index in [1.807, 2.05) is 0 Å². The molecule has 0 saturated carbocycles. The lowest BCUT2D eigenvalue weighted by Crippen LogP contribution is -2.52. The standard InChI is InChI=1S/C32H34F2N8O3S/c1-16(12-41-4-6-43-7-5-41)13-45-32-39-28-25(31(40-32)42-17-2-3-18(42)10-37-9-17)21-15-44-14-20(21)23(26(28)34)27-24-19(8-35)30(36)46-29(24)22(33)11-38-27/h11,16-18,37H,2-7,9-10,12-15,36H2,1H3. The molecular formula is C32H34F2N8O3S. The Labute approximate surface area is 268 Å². The smallest absolute Gasteiger partial charge is 0.319 e. The summed E-state index contributed by atoms with van der Waals surface area (Å²) in [6.45, 7) is 8.48. The fraction of sp³-hybridized carbons (Fsp3) is 0.500. The summed E-state index contributed by atoms with van der Waals surface area (Å²) in [7, 11) is 0. The number of nitrogens with two attached hydrogens (primary N) is 1. The Morgan fingerprint density at radius 3 is 2.65 bits per heavy atom. The van der Waals surface area contributed by atoms with Crippen molar-refractivity contribution in [2.75, 3.05) is 63.2 Å². The number of nitriles is 1. The Balaban J connectivity index is 1.30. The summed E-state index contributed by atoms with van der Waals surface area (Å²) >= 11 is 0.952. The Hall–Kier alpha value is -3.74. The zero-order valence-corrected chi connectivity index (χ0v) is 26.3. The van der Waals surface area contributed by atoms with Crippen LogP contribution in [-0.4, -0.2) is 84.5 Å². The van der Waals surface area contributed by atoms with Crippen LogP contribution in [0.1, 0.15) is 36.5 Å². The number of nitrogens with zero attached hydrogens (tertiary/aromatic N) is 6. The van der Waals surface area contributed by atoms with Crippen molar-refractivity contribution in [3.05, 3.63) is 34.5 Å². The molecule has 2 bridgehead atoms. The van der Waals surface area contributed by atoms with Crippen LogP contribution in [0.15, 0.2) is 6.20 Å². The van der Waals surface area contributed by atoms with E-state index >= 15 is 4.39 Å². The van der Waals surface area contributed by atoms with Gasteiger partial charge in [-0.1, -0.05) is 6.92 Å². The molecule has 3 saturated heterocycles. The number of morpholine rings is 1.